The summed E-state index contributed by atoms with van der Waals surface area (Å²) < 4.78 is 0. The number of thiol groups is 1. The van der Waals surface area contributed by atoms with Crippen LogP contribution in [0.2, 0.25) is 0 Å². The summed E-state index contributed by atoms with van der Waals surface area (Å²) in [6.45, 7) is 0.295. The molecule has 0 radical (unpaired) electrons. The van der Waals surface area contributed by atoms with Gasteiger partial charge in [-0.25, -0.2) is 4.79 Å². The van der Waals surface area contributed by atoms with Crippen LogP contribution in [0, 0.1) is 0 Å². The summed E-state index contributed by atoms with van der Waals surface area (Å²) in [6, 6.07) is 3.11. The summed E-state index contributed by atoms with van der Waals surface area (Å²) in [7, 11) is 0. The summed E-state index contributed by atoms with van der Waals surface area (Å²) >= 11 is 4.20. The van der Waals surface area contributed by atoms with E-state index >= 15 is 0 Å². The van der Waals surface area contributed by atoms with Crippen molar-refractivity contribution in [3.8, 4) is 11.5 Å². The quantitative estimate of drug-likeness (QED) is 0.482. The molecule has 1 heterocycles. The van der Waals surface area contributed by atoms with Crippen molar-refractivity contribution in [3.63, 3.8) is 0 Å². The van der Waals surface area contributed by atoms with E-state index < -0.39 is 12.0 Å². The highest BCUT2D eigenvalue weighted by Gasteiger charge is 2.36. The second-order valence-electron chi connectivity index (χ2n) is 4.79. The van der Waals surface area contributed by atoms with Gasteiger partial charge in [-0.3, -0.25) is 4.79 Å². The molecule has 0 aliphatic carbocycles. The predicted octanol–water partition coefficient (Wildman–Crippen LogP) is 0.624. The van der Waals surface area contributed by atoms with E-state index in [1.54, 1.807) is 0 Å². The van der Waals surface area contributed by atoms with Crippen LogP contribution in [0.3, 0.4) is 0 Å². The molecule has 3 N–H and O–H groups in total. The minimum absolute atomic E-state index is 0.0649. The van der Waals surface area contributed by atoms with Crippen LogP contribution in [0.25, 0.3) is 0 Å². The molecule has 1 amide bonds. The lowest BCUT2D eigenvalue weighted by Crippen LogP contribution is -2.43. The maximum absolute atomic E-state index is 11.8. The molecule has 108 valence electrons. The molecule has 0 bridgehead atoms. The summed E-state index contributed by atoms with van der Waals surface area (Å²) in [6.07, 6.45) is 0.295. The number of hydrogen-bond acceptors (Lipinski definition) is 5. The number of amides is 1. The zero-order valence-corrected chi connectivity index (χ0v) is 11.5. The molecule has 1 saturated heterocycles. The number of carbonyl (C=O) groups excluding carboxylic acids is 1. The standard InChI is InChI=1S/C13H15NO5S/c15-10-2-1-7(4-11(10)16)3-9(13(18)19)14-6-8(20)5-12(14)17/h1-2,4,8-9,15-16,20H,3,5-6H2,(H,18,19)/t8?,9-/m0/s1. The highest BCUT2D eigenvalue weighted by Crippen LogP contribution is 2.27. The number of carbonyl (C=O) groups is 2. The average molecular weight is 297 g/mol. The van der Waals surface area contributed by atoms with E-state index in [4.69, 9.17) is 0 Å². The Morgan fingerprint density at radius 1 is 1.40 bits per heavy atom. The lowest BCUT2D eigenvalue weighted by Gasteiger charge is -2.24. The Labute approximate surface area is 121 Å². The van der Waals surface area contributed by atoms with Crippen molar-refractivity contribution in [1.82, 2.24) is 4.90 Å². The molecule has 2 atom stereocenters. The number of hydrogen-bond donors (Lipinski definition) is 4. The van der Waals surface area contributed by atoms with Crippen LogP contribution in [0.15, 0.2) is 18.2 Å². The van der Waals surface area contributed by atoms with Crippen LogP contribution >= 0.6 is 12.6 Å². The number of carboxylic acids is 1. The Balaban J connectivity index is 2.19. The smallest absolute Gasteiger partial charge is 0.326 e. The molecule has 7 heteroatoms. The van der Waals surface area contributed by atoms with Gasteiger partial charge in [0.05, 0.1) is 0 Å². The summed E-state index contributed by atoms with van der Waals surface area (Å²) in [4.78, 5) is 24.4. The van der Waals surface area contributed by atoms with Crippen LogP contribution in [0.4, 0.5) is 0 Å². The number of phenols is 2. The average Bonchev–Trinajstić information content (AvgIpc) is 2.69. The maximum atomic E-state index is 11.8. The molecule has 6 nitrogen and oxygen atoms in total. The van der Waals surface area contributed by atoms with E-state index in [2.05, 4.69) is 12.6 Å². The van der Waals surface area contributed by atoms with Crippen LogP contribution in [0.1, 0.15) is 12.0 Å². The first-order valence-electron chi connectivity index (χ1n) is 6.09. The van der Waals surface area contributed by atoms with Crippen molar-refractivity contribution in [2.45, 2.75) is 24.1 Å². The van der Waals surface area contributed by atoms with Gasteiger partial charge in [0.2, 0.25) is 5.91 Å². The normalized spacial score (nSPS) is 20.1. The minimum atomic E-state index is -1.10. The monoisotopic (exact) mass is 297 g/mol. The highest BCUT2D eigenvalue weighted by atomic mass is 32.1. The summed E-state index contributed by atoms with van der Waals surface area (Å²) in [5.41, 5.74) is 0.531. The molecule has 1 aromatic carbocycles. The zero-order valence-electron chi connectivity index (χ0n) is 10.6. The van der Waals surface area contributed by atoms with E-state index in [-0.39, 0.29) is 35.5 Å². The highest BCUT2D eigenvalue weighted by molar-refractivity contribution is 7.81. The van der Waals surface area contributed by atoms with Crippen LogP contribution < -0.4 is 0 Å². The fourth-order valence-electron chi connectivity index (χ4n) is 2.26. The molecule has 2 rings (SSSR count). The van der Waals surface area contributed by atoms with Gasteiger partial charge in [0.15, 0.2) is 11.5 Å². The van der Waals surface area contributed by atoms with Crippen molar-refractivity contribution in [3.05, 3.63) is 23.8 Å². The maximum Gasteiger partial charge on any atom is 0.326 e. The number of nitrogens with zero attached hydrogens (tertiary/aromatic N) is 1. The van der Waals surface area contributed by atoms with Crippen molar-refractivity contribution in [2.75, 3.05) is 6.54 Å². The molecule has 1 aromatic rings. The first-order valence-corrected chi connectivity index (χ1v) is 6.61. The lowest BCUT2D eigenvalue weighted by molar-refractivity contribution is -0.148. The van der Waals surface area contributed by atoms with Gasteiger partial charge >= 0.3 is 5.97 Å². The van der Waals surface area contributed by atoms with E-state index in [9.17, 15) is 24.9 Å². The molecule has 1 aliphatic heterocycles. The van der Waals surface area contributed by atoms with Gasteiger partial charge in [-0.2, -0.15) is 12.6 Å². The van der Waals surface area contributed by atoms with Crippen LogP contribution in [-0.2, 0) is 16.0 Å². The molecular formula is C13H15NO5S. The Morgan fingerprint density at radius 3 is 2.60 bits per heavy atom. The molecule has 1 fully saturated rings. The Morgan fingerprint density at radius 2 is 2.10 bits per heavy atom. The third-order valence-electron chi connectivity index (χ3n) is 3.27. The van der Waals surface area contributed by atoms with E-state index in [1.807, 2.05) is 0 Å². The molecule has 20 heavy (non-hydrogen) atoms. The van der Waals surface area contributed by atoms with Gasteiger partial charge in [0.1, 0.15) is 6.04 Å². The molecule has 0 spiro atoms. The van der Waals surface area contributed by atoms with Crippen LogP contribution in [-0.4, -0.2) is 49.9 Å². The number of aliphatic carboxylic acids is 1. The number of phenolic OH excluding ortho intramolecular Hbond substituents is 2. The molecular weight excluding hydrogens is 282 g/mol. The van der Waals surface area contributed by atoms with E-state index in [0.29, 0.717) is 12.1 Å². The second kappa shape index (κ2) is 5.62. The minimum Gasteiger partial charge on any atom is -0.504 e. The van der Waals surface area contributed by atoms with Gasteiger partial charge in [-0.05, 0) is 17.7 Å². The largest absolute Gasteiger partial charge is 0.504 e. The third-order valence-corrected chi connectivity index (χ3v) is 3.61. The number of carboxylic acid groups (broad SMARTS) is 1. The van der Waals surface area contributed by atoms with Gasteiger partial charge in [-0.15, -0.1) is 0 Å². The van der Waals surface area contributed by atoms with Crippen molar-refractivity contribution in [2.24, 2.45) is 0 Å². The van der Waals surface area contributed by atoms with Crippen molar-refractivity contribution in [1.29, 1.82) is 0 Å². The number of rotatable bonds is 4. The molecule has 0 saturated carbocycles. The topological polar surface area (TPSA) is 98.1 Å². The second-order valence-corrected chi connectivity index (χ2v) is 5.52. The Hall–Kier alpha value is -1.89. The summed E-state index contributed by atoms with van der Waals surface area (Å²) in [5.74, 6) is -1.92. The summed E-state index contributed by atoms with van der Waals surface area (Å²) in [5, 5.41) is 27.8. The first-order chi connectivity index (χ1) is 9.38. The number of likely N-dealkylation sites (tertiary alicyclic amines) is 1. The lowest BCUT2D eigenvalue weighted by atomic mass is 10.0. The molecule has 1 aliphatic rings. The fourth-order valence-corrected chi connectivity index (χ4v) is 2.60. The van der Waals surface area contributed by atoms with E-state index in [1.165, 1.54) is 23.1 Å². The predicted molar refractivity (Wildman–Crippen MR) is 74.0 cm³/mol. The van der Waals surface area contributed by atoms with Gasteiger partial charge < -0.3 is 20.2 Å². The number of aromatic hydroxyl groups is 2. The first kappa shape index (κ1) is 14.5. The van der Waals surface area contributed by atoms with E-state index in [0.717, 1.165) is 0 Å². The number of benzene rings is 1. The van der Waals surface area contributed by atoms with Gasteiger partial charge in [-0.1, -0.05) is 6.07 Å². The fraction of sp³-hybridized carbons (Fsp3) is 0.385. The van der Waals surface area contributed by atoms with Crippen molar-refractivity contribution < 1.29 is 24.9 Å². The van der Waals surface area contributed by atoms with Crippen molar-refractivity contribution >= 4 is 24.5 Å². The SMILES string of the molecule is O=C(O)[C@H](Cc1ccc(O)c(O)c1)N1CC(S)CC1=O. The van der Waals surface area contributed by atoms with Gasteiger partial charge in [0.25, 0.3) is 0 Å². The Kier molecular flexibility index (Phi) is 4.08. The zero-order chi connectivity index (χ0) is 14.9. The van der Waals surface area contributed by atoms with Gasteiger partial charge in [0, 0.05) is 24.6 Å². The molecule has 0 aromatic heterocycles. The molecule has 1 unspecified atom stereocenters. The Bertz CT molecular complexity index is 548. The third kappa shape index (κ3) is 2.98. The van der Waals surface area contributed by atoms with Crippen LogP contribution in [0.5, 0.6) is 11.5 Å².